The molecule has 0 radical (unpaired) electrons. The average Bonchev–Trinajstić information content (AvgIpc) is 3.39. The van der Waals surface area contributed by atoms with Gasteiger partial charge in [-0.2, -0.15) is 5.10 Å². The fourth-order valence-electron chi connectivity index (χ4n) is 4.16. The van der Waals surface area contributed by atoms with Crippen LogP contribution in [0.4, 0.5) is 5.69 Å². The molecule has 1 N–H and O–H groups in total. The number of aromatic nitrogens is 1. The maximum absolute atomic E-state index is 12.9. The summed E-state index contributed by atoms with van der Waals surface area (Å²) < 4.78 is 12.5. The molecule has 2 aromatic heterocycles. The molecule has 1 amide bonds. The molecule has 10 nitrogen and oxygen atoms in total. The summed E-state index contributed by atoms with van der Waals surface area (Å²) >= 11 is 0. The van der Waals surface area contributed by atoms with Crippen molar-refractivity contribution in [3.63, 3.8) is 0 Å². The molecule has 0 saturated carbocycles. The first kappa shape index (κ1) is 23.5. The van der Waals surface area contributed by atoms with Crippen LogP contribution in [-0.4, -0.2) is 28.7 Å². The third kappa shape index (κ3) is 4.55. The third-order valence-electron chi connectivity index (χ3n) is 5.86. The lowest BCUT2D eigenvalue weighted by atomic mass is 10.1. The summed E-state index contributed by atoms with van der Waals surface area (Å²) in [5.74, 6) is 0.510. The van der Waals surface area contributed by atoms with E-state index >= 15 is 0 Å². The molecule has 0 unspecified atom stereocenters. The fourth-order valence-corrected chi connectivity index (χ4v) is 4.16. The largest absolute Gasteiger partial charge is 0.497 e. The second-order valence-corrected chi connectivity index (χ2v) is 8.08. The zero-order valence-corrected chi connectivity index (χ0v) is 19.6. The van der Waals surface area contributed by atoms with Crippen LogP contribution in [0.2, 0.25) is 0 Å². The number of carbonyl (C=O) groups excluding carboxylic acids is 1. The number of fused-ring (bicyclic) bond motifs is 2. The van der Waals surface area contributed by atoms with Crippen LogP contribution in [0.3, 0.4) is 0 Å². The second kappa shape index (κ2) is 9.78. The Balaban J connectivity index is 1.36. The van der Waals surface area contributed by atoms with Crippen molar-refractivity contribution in [2.45, 2.75) is 6.54 Å². The summed E-state index contributed by atoms with van der Waals surface area (Å²) in [6.45, 7) is -0.0694. The monoisotopic (exact) mass is 496 g/mol. The van der Waals surface area contributed by atoms with Gasteiger partial charge in [-0.15, -0.1) is 0 Å². The van der Waals surface area contributed by atoms with E-state index in [2.05, 4.69) is 10.5 Å². The number of hydrogen-bond acceptors (Lipinski definition) is 7. The first-order valence-corrected chi connectivity index (χ1v) is 11.2. The number of rotatable bonds is 7. The van der Waals surface area contributed by atoms with E-state index < -0.39 is 10.8 Å². The molecule has 5 aromatic rings. The van der Waals surface area contributed by atoms with Gasteiger partial charge in [-0.3, -0.25) is 19.7 Å². The van der Waals surface area contributed by atoms with Gasteiger partial charge in [-0.25, -0.2) is 5.43 Å². The van der Waals surface area contributed by atoms with Gasteiger partial charge >= 0.3 is 0 Å². The number of carbonyl (C=O) groups is 1. The van der Waals surface area contributed by atoms with Gasteiger partial charge in [-0.05, 0) is 48.5 Å². The molecule has 0 aliphatic rings. The van der Waals surface area contributed by atoms with E-state index in [1.807, 2.05) is 12.1 Å². The molecular weight excluding hydrogens is 476 g/mol. The highest BCUT2D eigenvalue weighted by Crippen LogP contribution is 2.33. The number of ether oxygens (including phenoxy) is 1. The highest BCUT2D eigenvalue weighted by Gasteiger charge is 2.19. The Hall–Kier alpha value is -5.25. The van der Waals surface area contributed by atoms with Crippen LogP contribution in [0.15, 0.2) is 93.2 Å². The quantitative estimate of drug-likeness (QED) is 0.153. The third-order valence-corrected chi connectivity index (χ3v) is 5.86. The lowest BCUT2D eigenvalue weighted by Crippen LogP contribution is -2.25. The molecule has 0 saturated heterocycles. The van der Waals surface area contributed by atoms with Crippen molar-refractivity contribution < 1.29 is 18.9 Å². The molecule has 10 heteroatoms. The van der Waals surface area contributed by atoms with Gasteiger partial charge < -0.3 is 13.7 Å². The van der Waals surface area contributed by atoms with E-state index in [4.69, 9.17) is 9.15 Å². The van der Waals surface area contributed by atoms with E-state index in [0.717, 1.165) is 0 Å². The Kier molecular flexibility index (Phi) is 6.21. The van der Waals surface area contributed by atoms with Crippen LogP contribution < -0.4 is 15.6 Å². The van der Waals surface area contributed by atoms with E-state index in [1.54, 1.807) is 59.2 Å². The van der Waals surface area contributed by atoms with E-state index in [9.17, 15) is 19.7 Å². The predicted molar refractivity (Wildman–Crippen MR) is 139 cm³/mol. The van der Waals surface area contributed by atoms with E-state index in [-0.39, 0.29) is 29.0 Å². The number of furan rings is 1. The molecular formula is C27H20N4O6. The van der Waals surface area contributed by atoms with Crippen molar-refractivity contribution in [2.24, 2.45) is 5.10 Å². The molecule has 3 aromatic carbocycles. The Morgan fingerprint density at radius 1 is 1.05 bits per heavy atom. The zero-order chi connectivity index (χ0) is 25.9. The molecule has 0 atom stereocenters. The van der Waals surface area contributed by atoms with Crippen molar-refractivity contribution in [3.8, 4) is 17.1 Å². The molecule has 184 valence electrons. The Morgan fingerprint density at radius 2 is 1.73 bits per heavy atom. The van der Waals surface area contributed by atoms with Gasteiger partial charge in [0.2, 0.25) is 0 Å². The van der Waals surface area contributed by atoms with Gasteiger partial charge in [0.15, 0.2) is 5.43 Å². The summed E-state index contributed by atoms with van der Waals surface area (Å²) in [6.07, 6.45) is 1.30. The number of nitro groups is 1. The van der Waals surface area contributed by atoms with Crippen molar-refractivity contribution in [1.82, 2.24) is 9.99 Å². The SMILES string of the molecule is COc1ccc(-c2ccc(/C=N/NC(=O)Cn3c4ccccc4c(=O)c4ccccc43)o2)c([N+](=O)[O-])c1. The summed E-state index contributed by atoms with van der Waals surface area (Å²) in [6, 6.07) is 21.9. The number of hydrogen-bond donors (Lipinski definition) is 1. The number of para-hydroxylation sites is 2. The van der Waals surface area contributed by atoms with Crippen LogP contribution >= 0.6 is 0 Å². The van der Waals surface area contributed by atoms with Gasteiger partial charge in [0.25, 0.3) is 11.6 Å². The Labute approximate surface area is 209 Å². The minimum Gasteiger partial charge on any atom is -0.497 e. The molecule has 5 rings (SSSR count). The first-order chi connectivity index (χ1) is 18.0. The predicted octanol–water partition coefficient (Wildman–Crippen LogP) is 4.48. The molecule has 2 heterocycles. The summed E-state index contributed by atoms with van der Waals surface area (Å²) in [5.41, 5.74) is 3.78. The molecule has 0 aliphatic heterocycles. The summed E-state index contributed by atoms with van der Waals surface area (Å²) in [7, 11) is 1.43. The molecule has 0 bridgehead atoms. The molecule has 0 spiro atoms. The maximum Gasteiger partial charge on any atom is 0.284 e. The van der Waals surface area contributed by atoms with Crippen LogP contribution in [-0.2, 0) is 11.3 Å². The minimum absolute atomic E-state index is 0.0694. The molecule has 0 aliphatic carbocycles. The second-order valence-electron chi connectivity index (χ2n) is 8.08. The average molecular weight is 496 g/mol. The zero-order valence-electron chi connectivity index (χ0n) is 19.6. The Morgan fingerprint density at radius 3 is 2.38 bits per heavy atom. The number of methoxy groups -OCH3 is 1. The number of nitro benzene ring substituents is 1. The number of hydrazone groups is 1. The normalized spacial score (nSPS) is 11.3. The minimum atomic E-state index is -0.515. The van der Waals surface area contributed by atoms with E-state index in [1.165, 1.54) is 25.5 Å². The number of amides is 1. The van der Waals surface area contributed by atoms with Crippen molar-refractivity contribution in [2.75, 3.05) is 7.11 Å². The van der Waals surface area contributed by atoms with Crippen LogP contribution in [0.25, 0.3) is 33.1 Å². The smallest absolute Gasteiger partial charge is 0.284 e. The number of nitrogens with one attached hydrogen (secondary N) is 1. The van der Waals surface area contributed by atoms with Gasteiger partial charge in [-0.1, -0.05) is 24.3 Å². The number of nitrogens with zero attached hydrogens (tertiary/aromatic N) is 3. The van der Waals surface area contributed by atoms with Crippen LogP contribution in [0.5, 0.6) is 5.75 Å². The topological polar surface area (TPSA) is 129 Å². The summed E-state index contributed by atoms with van der Waals surface area (Å²) in [5, 5.41) is 16.5. The molecule has 37 heavy (non-hydrogen) atoms. The van der Waals surface area contributed by atoms with Crippen LogP contribution in [0, 0.1) is 10.1 Å². The van der Waals surface area contributed by atoms with Crippen molar-refractivity contribution >= 4 is 39.6 Å². The maximum atomic E-state index is 12.9. The van der Waals surface area contributed by atoms with Crippen molar-refractivity contribution in [3.05, 3.63) is 105 Å². The fraction of sp³-hybridized carbons (Fsp3) is 0.0741. The van der Waals surface area contributed by atoms with Gasteiger partial charge in [0, 0.05) is 10.8 Å². The lowest BCUT2D eigenvalue weighted by Gasteiger charge is -2.14. The number of pyridine rings is 1. The highest BCUT2D eigenvalue weighted by atomic mass is 16.6. The lowest BCUT2D eigenvalue weighted by molar-refractivity contribution is -0.384. The van der Waals surface area contributed by atoms with E-state index in [0.29, 0.717) is 33.3 Å². The van der Waals surface area contributed by atoms with Gasteiger partial charge in [0.05, 0.1) is 40.9 Å². The Bertz CT molecular complexity index is 1690. The summed E-state index contributed by atoms with van der Waals surface area (Å²) in [4.78, 5) is 36.5. The van der Waals surface area contributed by atoms with Crippen molar-refractivity contribution in [1.29, 1.82) is 0 Å². The number of benzene rings is 3. The highest BCUT2D eigenvalue weighted by molar-refractivity contribution is 5.95. The molecule has 0 fully saturated rings. The first-order valence-electron chi connectivity index (χ1n) is 11.2. The van der Waals surface area contributed by atoms with Gasteiger partial charge in [0.1, 0.15) is 23.8 Å². The van der Waals surface area contributed by atoms with Crippen LogP contribution in [0.1, 0.15) is 5.76 Å². The standard InChI is InChI=1S/C27H20N4O6/c1-36-17-10-12-19(24(14-17)31(34)35)25-13-11-18(37-25)15-28-29-26(32)16-30-22-8-4-2-6-20(22)27(33)21-7-3-5-9-23(21)30/h2-15H,16H2,1H3,(H,29,32)/b28-15+.